The molecule has 3 rings (SSSR count). The fourth-order valence-corrected chi connectivity index (χ4v) is 2.84. The summed E-state index contributed by atoms with van der Waals surface area (Å²) in [7, 11) is 3.43. The van der Waals surface area contributed by atoms with Gasteiger partial charge in [0.2, 0.25) is 0 Å². The van der Waals surface area contributed by atoms with Gasteiger partial charge in [-0.05, 0) is 54.4 Å². The minimum atomic E-state index is -0.173. The highest BCUT2D eigenvalue weighted by atomic mass is 16.5. The number of carbonyl (C=O) groups is 2. The number of anilines is 1. The summed E-state index contributed by atoms with van der Waals surface area (Å²) < 4.78 is 5.94. The number of rotatable bonds is 6. The van der Waals surface area contributed by atoms with Crippen LogP contribution in [0.5, 0.6) is 5.75 Å². The largest absolute Gasteiger partial charge is 0.489 e. The molecule has 1 N–H and O–H groups in total. The fourth-order valence-electron chi connectivity index (χ4n) is 2.84. The monoisotopic (exact) mass is 388 g/mol. The van der Waals surface area contributed by atoms with Crippen molar-refractivity contribution < 1.29 is 14.3 Å². The van der Waals surface area contributed by atoms with Crippen molar-refractivity contribution in [3.05, 3.63) is 95.1 Å². The van der Waals surface area contributed by atoms with Crippen molar-refractivity contribution in [3.63, 3.8) is 0 Å². The van der Waals surface area contributed by atoms with Gasteiger partial charge >= 0.3 is 0 Å². The number of benzene rings is 3. The third-order valence-electron chi connectivity index (χ3n) is 4.46. The highest BCUT2D eigenvalue weighted by Gasteiger charge is 2.11. The standard InChI is InChI=1S/C24H24N2O3/c1-17-12-13-20(24(28)26(2)3)15-22(17)29-16-18-8-7-9-19(14-18)23(27)25-21-10-5-4-6-11-21/h4-15H,16H2,1-3H3,(H,25,27). The van der Waals surface area contributed by atoms with Gasteiger partial charge in [0.15, 0.2) is 0 Å². The molecule has 2 amide bonds. The SMILES string of the molecule is Cc1ccc(C(=O)N(C)C)cc1OCc1cccc(C(=O)Nc2ccccc2)c1. The summed E-state index contributed by atoms with van der Waals surface area (Å²) in [5.74, 6) is 0.402. The molecule has 0 heterocycles. The van der Waals surface area contributed by atoms with Gasteiger partial charge in [0.25, 0.3) is 11.8 Å². The maximum absolute atomic E-state index is 12.5. The zero-order valence-corrected chi connectivity index (χ0v) is 16.8. The zero-order valence-electron chi connectivity index (χ0n) is 16.8. The Balaban J connectivity index is 1.70. The van der Waals surface area contributed by atoms with Crippen LogP contribution in [0.4, 0.5) is 5.69 Å². The van der Waals surface area contributed by atoms with E-state index in [9.17, 15) is 9.59 Å². The summed E-state index contributed by atoms with van der Waals surface area (Å²) in [6.45, 7) is 2.23. The van der Waals surface area contributed by atoms with Crippen molar-refractivity contribution in [1.29, 1.82) is 0 Å². The van der Waals surface area contributed by atoms with E-state index in [4.69, 9.17) is 4.74 Å². The van der Waals surface area contributed by atoms with Gasteiger partial charge in [0, 0.05) is 30.9 Å². The Morgan fingerprint density at radius 1 is 0.897 bits per heavy atom. The second-order valence-corrected chi connectivity index (χ2v) is 6.99. The van der Waals surface area contributed by atoms with Crippen LogP contribution in [0, 0.1) is 6.92 Å². The van der Waals surface area contributed by atoms with Crippen LogP contribution in [-0.4, -0.2) is 30.8 Å². The van der Waals surface area contributed by atoms with Gasteiger partial charge in [0.05, 0.1) is 0 Å². The molecule has 0 atom stereocenters. The Hall–Kier alpha value is -3.60. The molecule has 0 saturated heterocycles. The summed E-state index contributed by atoms with van der Waals surface area (Å²) in [4.78, 5) is 26.2. The lowest BCUT2D eigenvalue weighted by Crippen LogP contribution is -2.21. The number of ether oxygens (including phenoxy) is 1. The highest BCUT2D eigenvalue weighted by molar-refractivity contribution is 6.04. The summed E-state index contributed by atoms with van der Waals surface area (Å²) >= 11 is 0. The normalized spacial score (nSPS) is 10.3. The van der Waals surface area contributed by atoms with Crippen molar-refractivity contribution in [3.8, 4) is 5.75 Å². The molecule has 0 fully saturated rings. The van der Waals surface area contributed by atoms with Gasteiger partial charge in [-0.25, -0.2) is 0 Å². The quantitative estimate of drug-likeness (QED) is 0.675. The molecule has 0 bridgehead atoms. The van der Waals surface area contributed by atoms with E-state index in [0.29, 0.717) is 23.5 Å². The number of nitrogens with zero attached hydrogens (tertiary/aromatic N) is 1. The average molecular weight is 388 g/mol. The molecule has 3 aromatic carbocycles. The number of hydrogen-bond acceptors (Lipinski definition) is 3. The topological polar surface area (TPSA) is 58.6 Å². The molecule has 5 nitrogen and oxygen atoms in total. The smallest absolute Gasteiger partial charge is 0.255 e. The molecular formula is C24H24N2O3. The molecule has 0 spiro atoms. The Bertz CT molecular complexity index is 1010. The van der Waals surface area contributed by atoms with Crippen LogP contribution in [0.15, 0.2) is 72.8 Å². The highest BCUT2D eigenvalue weighted by Crippen LogP contribution is 2.22. The number of aryl methyl sites for hydroxylation is 1. The van der Waals surface area contributed by atoms with Crippen LogP contribution in [-0.2, 0) is 6.61 Å². The van der Waals surface area contributed by atoms with Crippen molar-refractivity contribution in [2.24, 2.45) is 0 Å². The van der Waals surface area contributed by atoms with E-state index < -0.39 is 0 Å². The molecule has 0 aromatic heterocycles. The Kier molecular flexibility index (Phi) is 6.29. The molecule has 5 heteroatoms. The minimum absolute atomic E-state index is 0.0746. The van der Waals surface area contributed by atoms with E-state index in [2.05, 4.69) is 5.32 Å². The Labute approximate surface area is 170 Å². The second kappa shape index (κ2) is 9.06. The minimum Gasteiger partial charge on any atom is -0.489 e. The van der Waals surface area contributed by atoms with Crippen LogP contribution in [0.25, 0.3) is 0 Å². The van der Waals surface area contributed by atoms with Crippen LogP contribution in [0.1, 0.15) is 31.8 Å². The van der Waals surface area contributed by atoms with Crippen molar-refractivity contribution in [2.45, 2.75) is 13.5 Å². The second-order valence-electron chi connectivity index (χ2n) is 6.99. The Morgan fingerprint density at radius 3 is 2.38 bits per heavy atom. The molecule has 0 saturated carbocycles. The lowest BCUT2D eigenvalue weighted by molar-refractivity contribution is 0.0827. The molecule has 0 aliphatic carbocycles. The predicted octanol–water partition coefficient (Wildman–Crippen LogP) is 4.53. The van der Waals surface area contributed by atoms with Crippen molar-refractivity contribution >= 4 is 17.5 Å². The van der Waals surface area contributed by atoms with Gasteiger partial charge in [-0.3, -0.25) is 9.59 Å². The maximum atomic E-state index is 12.5. The zero-order chi connectivity index (χ0) is 20.8. The number of nitrogens with one attached hydrogen (secondary N) is 1. The summed E-state index contributed by atoms with van der Waals surface area (Å²) in [6, 6.07) is 22.1. The average Bonchev–Trinajstić information content (AvgIpc) is 2.73. The molecule has 29 heavy (non-hydrogen) atoms. The molecule has 3 aromatic rings. The first kappa shape index (κ1) is 20.1. The van der Waals surface area contributed by atoms with E-state index in [-0.39, 0.29) is 11.8 Å². The predicted molar refractivity (Wildman–Crippen MR) is 114 cm³/mol. The first-order chi connectivity index (χ1) is 13.9. The van der Waals surface area contributed by atoms with Crippen LogP contribution in [0.2, 0.25) is 0 Å². The number of carbonyl (C=O) groups excluding carboxylic acids is 2. The summed E-state index contributed by atoms with van der Waals surface area (Å²) in [6.07, 6.45) is 0. The van der Waals surface area contributed by atoms with Gasteiger partial charge in [-0.1, -0.05) is 36.4 Å². The van der Waals surface area contributed by atoms with E-state index in [0.717, 1.165) is 16.8 Å². The fraction of sp³-hybridized carbons (Fsp3) is 0.167. The molecule has 0 radical (unpaired) electrons. The van der Waals surface area contributed by atoms with Crippen molar-refractivity contribution in [1.82, 2.24) is 4.90 Å². The van der Waals surface area contributed by atoms with Crippen LogP contribution >= 0.6 is 0 Å². The van der Waals surface area contributed by atoms with Gasteiger partial charge < -0.3 is 15.0 Å². The lowest BCUT2D eigenvalue weighted by atomic mass is 10.1. The molecule has 148 valence electrons. The molecule has 0 aliphatic rings. The third kappa shape index (κ3) is 5.23. The summed E-state index contributed by atoms with van der Waals surface area (Å²) in [5, 5.41) is 2.88. The Morgan fingerprint density at radius 2 is 1.66 bits per heavy atom. The van der Waals surface area contributed by atoms with E-state index in [1.807, 2.05) is 61.5 Å². The number of amides is 2. The third-order valence-corrected chi connectivity index (χ3v) is 4.46. The summed E-state index contributed by atoms with van der Waals surface area (Å²) in [5.41, 5.74) is 3.69. The molecule has 0 aliphatic heterocycles. The molecule has 0 unspecified atom stereocenters. The maximum Gasteiger partial charge on any atom is 0.255 e. The lowest BCUT2D eigenvalue weighted by Gasteiger charge is -2.14. The number of para-hydroxylation sites is 1. The van der Waals surface area contributed by atoms with Crippen LogP contribution in [0.3, 0.4) is 0 Å². The van der Waals surface area contributed by atoms with E-state index in [1.54, 1.807) is 32.3 Å². The first-order valence-corrected chi connectivity index (χ1v) is 9.34. The van der Waals surface area contributed by atoms with Crippen LogP contribution < -0.4 is 10.1 Å². The van der Waals surface area contributed by atoms with Crippen molar-refractivity contribution in [2.75, 3.05) is 19.4 Å². The molecular weight excluding hydrogens is 364 g/mol. The van der Waals surface area contributed by atoms with Gasteiger partial charge in [0.1, 0.15) is 12.4 Å². The van der Waals surface area contributed by atoms with E-state index in [1.165, 1.54) is 4.90 Å². The van der Waals surface area contributed by atoms with Gasteiger partial charge in [-0.2, -0.15) is 0 Å². The van der Waals surface area contributed by atoms with Gasteiger partial charge in [-0.15, -0.1) is 0 Å². The number of hydrogen-bond donors (Lipinski definition) is 1. The first-order valence-electron chi connectivity index (χ1n) is 9.34. The van der Waals surface area contributed by atoms with E-state index >= 15 is 0 Å².